The lowest BCUT2D eigenvalue weighted by Crippen LogP contribution is -2.57. The zero-order valence-corrected chi connectivity index (χ0v) is 15.5. The number of rotatable bonds is 5. The summed E-state index contributed by atoms with van der Waals surface area (Å²) >= 11 is 0. The maximum absolute atomic E-state index is 13.4. The summed E-state index contributed by atoms with van der Waals surface area (Å²) in [6, 6.07) is 7.53. The largest absolute Gasteiger partial charge is 0.497 e. The van der Waals surface area contributed by atoms with Crippen LogP contribution in [0.4, 0.5) is 0 Å². The molecule has 1 aliphatic heterocycles. The number of hydrogen-bond donors (Lipinski definition) is 3. The van der Waals surface area contributed by atoms with Crippen LogP contribution >= 0.6 is 0 Å². The number of ether oxygens (including phenoxy) is 1. The number of methoxy groups -OCH3 is 1. The van der Waals surface area contributed by atoms with Crippen molar-refractivity contribution < 1.29 is 14.6 Å². The molecule has 0 spiro atoms. The SMILES string of the molecule is COc1ccc(C(O)(C(=O)NC2C3CCC2CNC3)C2CCCC2)cc1. The first-order chi connectivity index (χ1) is 12.6. The average Bonchev–Trinajstić information content (AvgIpc) is 3.27. The summed E-state index contributed by atoms with van der Waals surface area (Å²) in [5.41, 5.74) is -0.767. The van der Waals surface area contributed by atoms with Crippen LogP contribution in [0.25, 0.3) is 0 Å². The minimum absolute atomic E-state index is 0.0183. The topological polar surface area (TPSA) is 70.6 Å². The predicted octanol–water partition coefficient (Wildman–Crippen LogP) is 2.19. The van der Waals surface area contributed by atoms with Crippen LogP contribution in [0.15, 0.2) is 24.3 Å². The summed E-state index contributed by atoms with van der Waals surface area (Å²) in [4.78, 5) is 13.4. The van der Waals surface area contributed by atoms with Crippen molar-refractivity contribution in [1.82, 2.24) is 10.6 Å². The molecule has 26 heavy (non-hydrogen) atoms. The van der Waals surface area contributed by atoms with Gasteiger partial charge in [0, 0.05) is 12.0 Å². The van der Waals surface area contributed by atoms with Crippen molar-refractivity contribution in [3.63, 3.8) is 0 Å². The highest BCUT2D eigenvalue weighted by atomic mass is 16.5. The lowest BCUT2D eigenvalue weighted by Gasteiger charge is -2.38. The summed E-state index contributed by atoms with van der Waals surface area (Å²) in [5.74, 6) is 1.48. The Kier molecular flexibility index (Phi) is 4.93. The van der Waals surface area contributed by atoms with E-state index in [0.717, 1.165) is 57.4 Å². The number of carbonyl (C=O) groups is 1. The minimum Gasteiger partial charge on any atom is -0.497 e. The molecule has 3 N–H and O–H groups in total. The third-order valence-electron chi connectivity index (χ3n) is 6.86. The van der Waals surface area contributed by atoms with Crippen LogP contribution in [0, 0.1) is 17.8 Å². The number of fused-ring (bicyclic) bond motifs is 2. The average molecular weight is 358 g/mol. The Hall–Kier alpha value is -1.59. The molecule has 0 radical (unpaired) electrons. The van der Waals surface area contributed by atoms with Gasteiger partial charge in [-0.15, -0.1) is 0 Å². The van der Waals surface area contributed by atoms with E-state index in [1.807, 2.05) is 24.3 Å². The molecule has 1 aromatic carbocycles. The molecule has 1 saturated heterocycles. The van der Waals surface area contributed by atoms with Gasteiger partial charge in [-0.05, 0) is 68.3 Å². The highest BCUT2D eigenvalue weighted by Crippen LogP contribution is 2.42. The molecule has 5 heteroatoms. The zero-order valence-electron chi connectivity index (χ0n) is 15.5. The predicted molar refractivity (Wildman–Crippen MR) is 99.9 cm³/mol. The number of aliphatic hydroxyl groups is 1. The molecule has 1 amide bonds. The first-order valence-electron chi connectivity index (χ1n) is 10.0. The molecule has 5 nitrogen and oxygen atoms in total. The van der Waals surface area contributed by atoms with Crippen LogP contribution < -0.4 is 15.4 Å². The molecule has 3 fully saturated rings. The lowest BCUT2D eigenvalue weighted by atomic mass is 9.78. The van der Waals surface area contributed by atoms with E-state index in [0.29, 0.717) is 17.4 Å². The summed E-state index contributed by atoms with van der Waals surface area (Å²) in [6.45, 7) is 1.93. The van der Waals surface area contributed by atoms with Crippen LogP contribution in [0.5, 0.6) is 5.75 Å². The molecule has 3 atom stereocenters. The molecule has 142 valence electrons. The zero-order chi connectivity index (χ0) is 18.1. The van der Waals surface area contributed by atoms with Gasteiger partial charge in [0.05, 0.1) is 7.11 Å². The molecule has 2 saturated carbocycles. The van der Waals surface area contributed by atoms with Gasteiger partial charge in [-0.2, -0.15) is 0 Å². The first-order valence-corrected chi connectivity index (χ1v) is 10.0. The van der Waals surface area contributed by atoms with Gasteiger partial charge in [0.1, 0.15) is 5.75 Å². The third kappa shape index (κ3) is 3.01. The molecule has 0 aromatic heterocycles. The summed E-state index contributed by atoms with van der Waals surface area (Å²) < 4.78 is 5.24. The van der Waals surface area contributed by atoms with Crippen molar-refractivity contribution in [2.75, 3.05) is 20.2 Å². The van der Waals surface area contributed by atoms with Crippen molar-refractivity contribution in [2.45, 2.75) is 50.2 Å². The Bertz CT molecular complexity index is 625. The maximum Gasteiger partial charge on any atom is 0.257 e. The fourth-order valence-corrected chi connectivity index (χ4v) is 5.32. The fraction of sp³-hybridized carbons (Fsp3) is 0.667. The van der Waals surface area contributed by atoms with Crippen LogP contribution in [-0.4, -0.2) is 37.3 Å². The third-order valence-corrected chi connectivity index (χ3v) is 6.86. The number of piperidine rings is 1. The molecule has 1 heterocycles. The van der Waals surface area contributed by atoms with E-state index in [1.54, 1.807) is 7.11 Å². The van der Waals surface area contributed by atoms with Gasteiger partial charge in [-0.25, -0.2) is 0 Å². The molecule has 2 bridgehead atoms. The van der Waals surface area contributed by atoms with Crippen LogP contribution in [0.2, 0.25) is 0 Å². The normalized spacial score (nSPS) is 30.8. The van der Waals surface area contributed by atoms with Gasteiger partial charge in [0.25, 0.3) is 5.91 Å². The van der Waals surface area contributed by atoms with Crippen molar-refractivity contribution in [1.29, 1.82) is 0 Å². The molecular formula is C21H30N2O3. The number of nitrogens with one attached hydrogen (secondary N) is 2. The Morgan fingerprint density at radius 2 is 1.73 bits per heavy atom. The Morgan fingerprint density at radius 3 is 2.31 bits per heavy atom. The second kappa shape index (κ2) is 7.20. The maximum atomic E-state index is 13.4. The highest BCUT2D eigenvalue weighted by molar-refractivity contribution is 5.87. The molecule has 3 aliphatic rings. The summed E-state index contributed by atoms with van der Waals surface area (Å²) in [6.07, 6.45) is 6.27. The van der Waals surface area contributed by atoms with E-state index in [-0.39, 0.29) is 17.9 Å². The quantitative estimate of drug-likeness (QED) is 0.755. The molecule has 4 rings (SSSR count). The van der Waals surface area contributed by atoms with Gasteiger partial charge in [0.15, 0.2) is 5.60 Å². The van der Waals surface area contributed by atoms with Crippen molar-refractivity contribution in [3.05, 3.63) is 29.8 Å². The van der Waals surface area contributed by atoms with E-state index in [9.17, 15) is 9.90 Å². The number of carbonyl (C=O) groups excluding carboxylic acids is 1. The van der Waals surface area contributed by atoms with E-state index >= 15 is 0 Å². The van der Waals surface area contributed by atoms with Crippen LogP contribution in [0.3, 0.4) is 0 Å². The number of hydrogen-bond acceptors (Lipinski definition) is 4. The Balaban J connectivity index is 1.60. The fourth-order valence-electron chi connectivity index (χ4n) is 5.32. The summed E-state index contributed by atoms with van der Waals surface area (Å²) in [5, 5.41) is 18.4. The van der Waals surface area contributed by atoms with Crippen LogP contribution in [-0.2, 0) is 10.4 Å². The smallest absolute Gasteiger partial charge is 0.257 e. The first kappa shape index (κ1) is 17.8. The lowest BCUT2D eigenvalue weighted by molar-refractivity contribution is -0.149. The van der Waals surface area contributed by atoms with Gasteiger partial charge in [0.2, 0.25) is 0 Å². The van der Waals surface area contributed by atoms with E-state index in [4.69, 9.17) is 4.74 Å². The molecule has 3 unspecified atom stereocenters. The number of benzene rings is 1. The van der Waals surface area contributed by atoms with Crippen molar-refractivity contribution in [3.8, 4) is 5.75 Å². The molecular weight excluding hydrogens is 328 g/mol. The Labute approximate surface area is 155 Å². The standard InChI is InChI=1S/C21H30N2O3/c1-26-18-10-8-17(9-11-18)21(25,16-4-2-3-5-16)20(24)23-19-14-6-7-15(19)13-22-12-14/h8-11,14-16,19,22,25H,2-7,12-13H2,1H3,(H,23,24). The van der Waals surface area contributed by atoms with E-state index in [1.165, 1.54) is 0 Å². The van der Waals surface area contributed by atoms with Gasteiger partial charge in [-0.1, -0.05) is 25.0 Å². The van der Waals surface area contributed by atoms with E-state index < -0.39 is 5.60 Å². The van der Waals surface area contributed by atoms with Crippen LogP contribution in [0.1, 0.15) is 44.1 Å². The second-order valence-electron chi connectivity index (χ2n) is 8.23. The van der Waals surface area contributed by atoms with Crippen molar-refractivity contribution >= 4 is 5.91 Å². The molecule has 1 aromatic rings. The van der Waals surface area contributed by atoms with Gasteiger partial charge < -0.3 is 20.5 Å². The monoisotopic (exact) mass is 358 g/mol. The Morgan fingerprint density at radius 1 is 1.12 bits per heavy atom. The number of amides is 1. The second-order valence-corrected chi connectivity index (χ2v) is 8.23. The van der Waals surface area contributed by atoms with Gasteiger partial charge in [-0.3, -0.25) is 4.79 Å². The minimum atomic E-state index is -1.45. The van der Waals surface area contributed by atoms with Gasteiger partial charge >= 0.3 is 0 Å². The molecule has 2 aliphatic carbocycles. The summed E-state index contributed by atoms with van der Waals surface area (Å²) in [7, 11) is 1.62. The van der Waals surface area contributed by atoms with E-state index in [2.05, 4.69) is 10.6 Å². The van der Waals surface area contributed by atoms with Crippen molar-refractivity contribution in [2.24, 2.45) is 17.8 Å². The highest BCUT2D eigenvalue weighted by Gasteiger charge is 2.49.